The van der Waals surface area contributed by atoms with Gasteiger partial charge in [-0.25, -0.2) is 9.59 Å². The molecule has 0 amide bonds. The number of methoxy groups -OCH3 is 1. The van der Waals surface area contributed by atoms with Crippen LogP contribution in [0.15, 0.2) is 72.8 Å². The maximum Gasteiger partial charge on any atom is 0.338 e. The predicted octanol–water partition coefficient (Wildman–Crippen LogP) is 5.83. The molecule has 3 aromatic carbocycles. The molecule has 0 aromatic heterocycles. The Labute approximate surface area is 211 Å². The van der Waals surface area contributed by atoms with Crippen LogP contribution in [0, 0.1) is 12.3 Å². The molecule has 0 N–H and O–H groups in total. The molecule has 3 aromatic rings. The molecular weight excluding hydrogens is 456 g/mol. The van der Waals surface area contributed by atoms with E-state index in [4.69, 9.17) is 20.6 Å². The van der Waals surface area contributed by atoms with Gasteiger partial charge in [0, 0.05) is 12.0 Å². The highest BCUT2D eigenvalue weighted by atomic mass is 16.5. The van der Waals surface area contributed by atoms with E-state index in [0.29, 0.717) is 41.9 Å². The minimum atomic E-state index is -0.379. The van der Waals surface area contributed by atoms with Crippen LogP contribution in [0.25, 0.3) is 11.1 Å². The Morgan fingerprint density at radius 2 is 1.28 bits per heavy atom. The number of hydrogen-bond donors (Lipinski definition) is 0. The van der Waals surface area contributed by atoms with E-state index in [9.17, 15) is 14.4 Å². The lowest BCUT2D eigenvalue weighted by Crippen LogP contribution is -2.08. The van der Waals surface area contributed by atoms with Crippen molar-refractivity contribution in [3.8, 4) is 29.2 Å². The molecule has 0 saturated heterocycles. The summed E-state index contributed by atoms with van der Waals surface area (Å²) in [5, 5.41) is 0. The molecule has 0 radical (unpaired) electrons. The average Bonchev–Trinajstić information content (AvgIpc) is 2.92. The van der Waals surface area contributed by atoms with Gasteiger partial charge in [0.2, 0.25) is 0 Å². The van der Waals surface area contributed by atoms with E-state index in [-0.39, 0.29) is 17.9 Å². The van der Waals surface area contributed by atoms with Gasteiger partial charge in [-0.15, -0.1) is 6.42 Å². The Morgan fingerprint density at radius 1 is 0.722 bits per heavy atom. The van der Waals surface area contributed by atoms with Crippen molar-refractivity contribution in [3.63, 3.8) is 0 Å². The van der Waals surface area contributed by atoms with Gasteiger partial charge in [0.05, 0.1) is 24.8 Å². The number of esters is 3. The molecule has 6 heteroatoms. The van der Waals surface area contributed by atoms with Gasteiger partial charge in [0.15, 0.2) is 0 Å². The van der Waals surface area contributed by atoms with Crippen LogP contribution in [-0.4, -0.2) is 31.6 Å². The molecule has 0 spiro atoms. The van der Waals surface area contributed by atoms with Crippen LogP contribution in [-0.2, 0) is 14.3 Å². The van der Waals surface area contributed by atoms with Crippen LogP contribution in [0.1, 0.15) is 58.4 Å². The van der Waals surface area contributed by atoms with Gasteiger partial charge >= 0.3 is 17.9 Å². The molecule has 0 bridgehead atoms. The first kappa shape index (κ1) is 26.2. The van der Waals surface area contributed by atoms with Crippen LogP contribution in [0.2, 0.25) is 0 Å². The molecule has 0 aliphatic carbocycles. The van der Waals surface area contributed by atoms with Crippen molar-refractivity contribution in [1.29, 1.82) is 0 Å². The van der Waals surface area contributed by atoms with E-state index in [1.165, 1.54) is 7.11 Å². The summed E-state index contributed by atoms with van der Waals surface area (Å²) in [7, 11) is 1.35. The second kappa shape index (κ2) is 13.5. The SMILES string of the molecule is C#Cc1ccc(C(=O)OCCCCCCC(=O)Oc2ccc(-c3ccc(C(=O)OC)cc3)cc2)cc1. The fraction of sp³-hybridized carbons (Fsp3) is 0.233. The smallest absolute Gasteiger partial charge is 0.338 e. The molecule has 0 aliphatic heterocycles. The number of carbonyl (C=O) groups excluding carboxylic acids is 3. The van der Waals surface area contributed by atoms with Crippen molar-refractivity contribution in [1.82, 2.24) is 0 Å². The van der Waals surface area contributed by atoms with Crippen molar-refractivity contribution in [3.05, 3.63) is 89.5 Å². The van der Waals surface area contributed by atoms with Gasteiger partial charge in [-0.3, -0.25) is 4.79 Å². The number of benzene rings is 3. The molecule has 3 rings (SSSR count). The van der Waals surface area contributed by atoms with Crippen LogP contribution >= 0.6 is 0 Å². The Balaban J connectivity index is 1.31. The first-order chi connectivity index (χ1) is 17.5. The van der Waals surface area contributed by atoms with E-state index in [0.717, 1.165) is 30.4 Å². The highest BCUT2D eigenvalue weighted by Gasteiger charge is 2.09. The molecule has 0 fully saturated rings. The molecule has 0 atom stereocenters. The van der Waals surface area contributed by atoms with Crippen molar-refractivity contribution < 1.29 is 28.6 Å². The molecule has 36 heavy (non-hydrogen) atoms. The zero-order valence-corrected chi connectivity index (χ0v) is 20.2. The summed E-state index contributed by atoms with van der Waals surface area (Å²) >= 11 is 0. The standard InChI is InChI=1S/C30H28O6/c1-3-22-9-11-26(12-10-22)30(33)35-21-7-5-4-6-8-28(31)36-27-19-17-24(18-20-27)23-13-15-25(16-14-23)29(32)34-2/h1,9-20H,4-8,21H2,2H3. The Bertz CT molecular complexity index is 1200. The molecule has 184 valence electrons. The third kappa shape index (κ3) is 7.85. The van der Waals surface area contributed by atoms with E-state index in [2.05, 4.69) is 5.92 Å². The highest BCUT2D eigenvalue weighted by molar-refractivity contribution is 5.90. The third-order valence-corrected chi connectivity index (χ3v) is 5.52. The maximum atomic E-state index is 12.1. The fourth-order valence-corrected chi connectivity index (χ4v) is 3.49. The quantitative estimate of drug-likeness (QED) is 0.147. The Hall–Kier alpha value is -4.37. The first-order valence-corrected chi connectivity index (χ1v) is 11.7. The third-order valence-electron chi connectivity index (χ3n) is 5.52. The minimum Gasteiger partial charge on any atom is -0.465 e. The number of ether oxygens (including phenoxy) is 3. The van der Waals surface area contributed by atoms with Gasteiger partial charge in [-0.05, 0) is 72.5 Å². The lowest BCUT2D eigenvalue weighted by Gasteiger charge is -2.07. The molecular formula is C30H28O6. The molecule has 6 nitrogen and oxygen atoms in total. The topological polar surface area (TPSA) is 78.9 Å². The van der Waals surface area contributed by atoms with Crippen LogP contribution < -0.4 is 4.74 Å². The minimum absolute atomic E-state index is 0.285. The largest absolute Gasteiger partial charge is 0.465 e. The van der Waals surface area contributed by atoms with Crippen molar-refractivity contribution in [2.75, 3.05) is 13.7 Å². The molecule has 0 aliphatic rings. The van der Waals surface area contributed by atoms with E-state index < -0.39 is 0 Å². The average molecular weight is 485 g/mol. The predicted molar refractivity (Wildman–Crippen MR) is 137 cm³/mol. The summed E-state index contributed by atoms with van der Waals surface area (Å²) in [6.45, 7) is 0.331. The number of carbonyl (C=O) groups is 3. The number of rotatable bonds is 11. The second-order valence-corrected chi connectivity index (χ2v) is 8.09. The fourth-order valence-electron chi connectivity index (χ4n) is 3.49. The lowest BCUT2D eigenvalue weighted by atomic mass is 10.0. The summed E-state index contributed by atoms with van der Waals surface area (Å²) in [4.78, 5) is 35.7. The van der Waals surface area contributed by atoms with Crippen molar-refractivity contribution in [2.24, 2.45) is 0 Å². The second-order valence-electron chi connectivity index (χ2n) is 8.09. The molecule has 0 unspecified atom stereocenters. The molecule has 0 heterocycles. The zero-order valence-electron chi connectivity index (χ0n) is 20.2. The van der Waals surface area contributed by atoms with Gasteiger partial charge < -0.3 is 14.2 Å². The first-order valence-electron chi connectivity index (χ1n) is 11.7. The summed E-state index contributed by atoms with van der Waals surface area (Å²) in [5.74, 6) is 1.95. The lowest BCUT2D eigenvalue weighted by molar-refractivity contribution is -0.134. The van der Waals surface area contributed by atoms with E-state index >= 15 is 0 Å². The molecule has 0 saturated carbocycles. The highest BCUT2D eigenvalue weighted by Crippen LogP contribution is 2.23. The number of unbranched alkanes of at least 4 members (excludes halogenated alkanes) is 3. The van der Waals surface area contributed by atoms with Crippen molar-refractivity contribution in [2.45, 2.75) is 32.1 Å². The van der Waals surface area contributed by atoms with Crippen LogP contribution in [0.3, 0.4) is 0 Å². The Kier molecular flexibility index (Phi) is 9.84. The van der Waals surface area contributed by atoms with Gasteiger partial charge in [0.1, 0.15) is 5.75 Å². The zero-order chi connectivity index (χ0) is 25.8. The van der Waals surface area contributed by atoms with Gasteiger partial charge in [-0.1, -0.05) is 43.0 Å². The normalized spacial score (nSPS) is 10.2. The van der Waals surface area contributed by atoms with Crippen LogP contribution in [0.4, 0.5) is 0 Å². The summed E-state index contributed by atoms with van der Waals surface area (Å²) in [5.41, 5.74) is 3.55. The summed E-state index contributed by atoms with van der Waals surface area (Å²) in [6, 6.07) is 21.0. The van der Waals surface area contributed by atoms with E-state index in [1.807, 2.05) is 24.3 Å². The van der Waals surface area contributed by atoms with E-state index in [1.54, 1.807) is 48.5 Å². The van der Waals surface area contributed by atoms with Gasteiger partial charge in [-0.2, -0.15) is 0 Å². The number of hydrogen-bond acceptors (Lipinski definition) is 6. The van der Waals surface area contributed by atoms with Crippen molar-refractivity contribution >= 4 is 17.9 Å². The number of terminal acetylenes is 1. The summed E-state index contributed by atoms with van der Waals surface area (Å²) < 4.78 is 15.4. The van der Waals surface area contributed by atoms with Crippen LogP contribution in [0.5, 0.6) is 5.75 Å². The monoisotopic (exact) mass is 484 g/mol. The Morgan fingerprint density at radius 3 is 1.89 bits per heavy atom. The summed E-state index contributed by atoms with van der Waals surface area (Å²) in [6.07, 6.45) is 8.73. The maximum absolute atomic E-state index is 12.1. The van der Waals surface area contributed by atoms with Gasteiger partial charge in [0.25, 0.3) is 0 Å².